The molecule has 0 saturated carbocycles. The predicted molar refractivity (Wildman–Crippen MR) is 310 cm³/mol. The zero-order chi connectivity index (χ0) is 70.4. The first kappa shape index (κ1) is 82.0. The molecule has 516 valence electrons. The molecule has 3 aliphatic heterocycles. The molecule has 0 aromatic carbocycles. The van der Waals surface area contributed by atoms with Crippen LogP contribution in [0.5, 0.6) is 0 Å². The number of hydrogen-bond donors (Lipinski definition) is 0. The molecule has 0 aromatic heterocycles. The Kier molecular flexibility index (Phi) is 35.1. The molecule has 0 spiro atoms. The monoisotopic (exact) mass is 1320 g/mol. The van der Waals surface area contributed by atoms with Crippen LogP contribution < -0.4 is 0 Å². The van der Waals surface area contributed by atoms with E-state index in [4.69, 9.17) is 99.8 Å². The average molecular weight is 1320 g/mol. The molecule has 0 N–H and O–H groups in total. The quantitative estimate of drug-likeness (QED) is 0.0411. The third-order valence-corrected chi connectivity index (χ3v) is 12.5. The third kappa shape index (κ3) is 31.8. The van der Waals surface area contributed by atoms with Crippen LogP contribution in [0.15, 0.2) is 0 Å². The highest BCUT2D eigenvalue weighted by molar-refractivity contribution is 5.72. The van der Waals surface area contributed by atoms with Gasteiger partial charge in [-0.2, -0.15) is 0 Å². The minimum atomic E-state index is -1.57. The van der Waals surface area contributed by atoms with Gasteiger partial charge in [0.25, 0.3) is 0 Å². The number of quaternary nitrogens is 3. The van der Waals surface area contributed by atoms with Gasteiger partial charge in [-0.3, -0.25) is 52.7 Å². The summed E-state index contributed by atoms with van der Waals surface area (Å²) in [6, 6.07) is 0. The Morgan fingerprint density at radius 2 is 0.674 bits per heavy atom. The Hall–Kier alpha value is -8.00. The van der Waals surface area contributed by atoms with Gasteiger partial charge in [0.15, 0.2) is 68.0 Å². The normalized spacial score (nSPS) is 25.0. The third-order valence-electron chi connectivity index (χ3n) is 12.5. The number of esters is 12. The Bertz CT molecular complexity index is 2670. The van der Waals surface area contributed by atoms with E-state index in [0.717, 1.165) is 41.5 Å². The van der Waals surface area contributed by atoms with Crippen molar-refractivity contribution in [2.24, 2.45) is 0 Å². The first-order chi connectivity index (χ1) is 42.7. The molecular weight excluding hydrogens is 1230 g/mol. The van der Waals surface area contributed by atoms with Crippen LogP contribution in [0.4, 0.5) is 0 Å². The van der Waals surface area contributed by atoms with Crippen molar-refractivity contribution in [2.45, 2.75) is 162 Å². The van der Waals surface area contributed by atoms with Gasteiger partial charge in [-0.05, 0) is 17.8 Å². The number of terminal acetylenes is 3. The minimum Gasteiger partial charge on any atom is -0.463 e. The Labute approximate surface area is 535 Å². The second-order valence-electron chi connectivity index (χ2n) is 22.9. The van der Waals surface area contributed by atoms with Crippen LogP contribution in [-0.2, 0) is 138 Å². The molecular formula is C60H90N3O29+3. The molecule has 14 atom stereocenters. The van der Waals surface area contributed by atoms with Crippen molar-refractivity contribution in [2.75, 3.05) is 115 Å². The van der Waals surface area contributed by atoms with Gasteiger partial charge < -0.3 is 94.0 Å². The summed E-state index contributed by atoms with van der Waals surface area (Å²) >= 11 is 0. The van der Waals surface area contributed by atoms with Crippen LogP contribution >= 0.6 is 0 Å². The lowest BCUT2D eigenvalue weighted by atomic mass is 9.98. The van der Waals surface area contributed by atoms with Gasteiger partial charge >= 0.3 is 71.6 Å². The van der Waals surface area contributed by atoms with Crippen molar-refractivity contribution < 1.29 is 152 Å². The molecule has 0 aliphatic carbocycles. The zero-order valence-corrected chi connectivity index (χ0v) is 55.3. The van der Waals surface area contributed by atoms with Gasteiger partial charge in [-0.25, -0.2) is 4.79 Å². The fourth-order valence-electron chi connectivity index (χ4n) is 8.76. The van der Waals surface area contributed by atoms with Crippen LogP contribution in [0.25, 0.3) is 0 Å². The van der Waals surface area contributed by atoms with Crippen LogP contribution in [0.1, 0.15) is 76.2 Å². The Balaban J connectivity index is 0.000000694. The Morgan fingerprint density at radius 3 is 1.03 bits per heavy atom. The van der Waals surface area contributed by atoms with Crippen molar-refractivity contribution in [1.29, 1.82) is 0 Å². The van der Waals surface area contributed by atoms with E-state index in [1.807, 2.05) is 28.2 Å². The van der Waals surface area contributed by atoms with E-state index in [9.17, 15) is 57.5 Å². The summed E-state index contributed by atoms with van der Waals surface area (Å²) < 4.78 is 92.5. The number of carbonyl (C=O) groups excluding carboxylic acids is 12. The summed E-state index contributed by atoms with van der Waals surface area (Å²) in [6.45, 7) is 14.5. The predicted octanol–water partition coefficient (Wildman–Crippen LogP) is -1.02. The van der Waals surface area contributed by atoms with Gasteiger partial charge in [0.05, 0.1) is 62.1 Å². The molecule has 3 rings (SSSR count). The average Bonchev–Trinajstić information content (AvgIpc) is 0.801. The van der Waals surface area contributed by atoms with E-state index in [0.29, 0.717) is 35.1 Å². The standard InChI is InChI=1S/C21H30NO11.C21H32NO10.C18H28NO8/c1-8-9-22(6,7)10-17(27)33-21-20(31-15(5)26)19(30-14(4)25)18(29-13(3)24)16(32-21)11-28-12(2)23;1-8-9-22(6,7)10-11-27-21-20(31-16(5)26)19(30-15(4)25)18(29-14(3)24)17(32-21)12-28-13(2)23;1-7-8-19(5,6)9-10-23-18-17(27-14(4)22)16(26-13(3)21)15(11-24-18)25-12(2)20/h1,16,18-21H,9-11H2,2-7H3;1,17-21H,9-12H2,2-7H3;1,15-18H,8-11H2,2-6H3/q3*+1/t16-,18-,19+,20-,21?;17-,18-,19+,20-,21-;15-,16+,17-,18?/m111/s1. The van der Waals surface area contributed by atoms with E-state index in [-0.39, 0.29) is 44.0 Å². The van der Waals surface area contributed by atoms with Gasteiger partial charge in [-0.1, -0.05) is 0 Å². The number of ether oxygens (including phenoxy) is 17. The van der Waals surface area contributed by atoms with Crippen LogP contribution in [0.3, 0.4) is 0 Å². The molecule has 0 bridgehead atoms. The Morgan fingerprint density at radius 1 is 0.370 bits per heavy atom. The topological polar surface area (TPSA) is 362 Å². The first-order valence-corrected chi connectivity index (χ1v) is 28.6. The molecule has 3 heterocycles. The second-order valence-corrected chi connectivity index (χ2v) is 22.9. The highest BCUT2D eigenvalue weighted by Gasteiger charge is 2.55. The van der Waals surface area contributed by atoms with Gasteiger partial charge in [-0.15, -0.1) is 19.3 Å². The largest absolute Gasteiger partial charge is 0.463 e. The maximum atomic E-state index is 12.6. The fourth-order valence-corrected chi connectivity index (χ4v) is 8.76. The van der Waals surface area contributed by atoms with E-state index in [1.165, 1.54) is 34.6 Å². The van der Waals surface area contributed by atoms with E-state index < -0.39 is 164 Å². The summed E-state index contributed by atoms with van der Waals surface area (Å²) in [5, 5.41) is 0. The van der Waals surface area contributed by atoms with Gasteiger partial charge in [0.1, 0.15) is 58.1 Å². The molecule has 32 heteroatoms. The summed E-state index contributed by atoms with van der Waals surface area (Å²) in [7, 11) is 11.1. The molecule has 92 heavy (non-hydrogen) atoms. The van der Waals surface area contributed by atoms with E-state index >= 15 is 0 Å². The maximum Gasteiger partial charge on any atom is 0.364 e. The van der Waals surface area contributed by atoms with Crippen LogP contribution in [-0.4, -0.2) is 286 Å². The number of carbonyl (C=O) groups is 12. The van der Waals surface area contributed by atoms with Crippen LogP contribution in [0.2, 0.25) is 0 Å². The highest BCUT2D eigenvalue weighted by atomic mass is 16.8. The maximum absolute atomic E-state index is 12.6. The first-order valence-electron chi connectivity index (χ1n) is 28.6. The fraction of sp³-hybridized carbons (Fsp3) is 0.700. The molecule has 3 fully saturated rings. The number of rotatable bonds is 27. The second kappa shape index (κ2) is 39.4. The minimum absolute atomic E-state index is 0.0669. The van der Waals surface area contributed by atoms with Crippen molar-refractivity contribution in [3.63, 3.8) is 0 Å². The van der Waals surface area contributed by atoms with E-state index in [1.54, 1.807) is 14.1 Å². The van der Waals surface area contributed by atoms with Crippen LogP contribution in [0, 0.1) is 37.0 Å². The lowest BCUT2D eigenvalue weighted by Gasteiger charge is -2.44. The van der Waals surface area contributed by atoms with Crippen molar-refractivity contribution in [1.82, 2.24) is 0 Å². The molecule has 0 radical (unpaired) electrons. The molecule has 0 amide bonds. The molecule has 2 unspecified atom stereocenters. The summed E-state index contributed by atoms with van der Waals surface area (Å²) in [5.41, 5.74) is 0. The highest BCUT2D eigenvalue weighted by Crippen LogP contribution is 2.32. The summed E-state index contributed by atoms with van der Waals surface area (Å²) in [6.07, 6.45) is -0.912. The van der Waals surface area contributed by atoms with Crippen molar-refractivity contribution >= 4 is 71.6 Å². The smallest absolute Gasteiger partial charge is 0.364 e. The molecule has 3 saturated heterocycles. The lowest BCUT2D eigenvalue weighted by Crippen LogP contribution is -2.63. The van der Waals surface area contributed by atoms with Gasteiger partial charge in [0.2, 0.25) is 12.4 Å². The zero-order valence-electron chi connectivity index (χ0n) is 55.3. The number of likely N-dealkylation sites (N-methyl/N-ethyl adjacent to an activating group) is 3. The van der Waals surface area contributed by atoms with Crippen molar-refractivity contribution in [3.8, 4) is 37.0 Å². The number of hydrogen-bond acceptors (Lipinski definition) is 29. The van der Waals surface area contributed by atoms with E-state index in [2.05, 4.69) is 17.8 Å². The SMILES string of the molecule is C#CC[N+](C)(C)CC(=O)OC1O[C@H](COC(C)=O)[C@@H](OC(C)=O)[C@H](OC(C)=O)[C@H]1OC(C)=O.C#CC[N+](C)(C)CCOC1OC[C@@H](OC(C)=O)[C@H](OC(C)=O)[C@H]1OC(C)=O.C#CC[N+](C)(C)CCO[C@@H]1O[C@H](COC(C)=O)[C@@H](OC(C)=O)[C@H](OC(C)=O)[C@H]1OC(C)=O. The van der Waals surface area contributed by atoms with Crippen molar-refractivity contribution in [3.05, 3.63) is 0 Å². The lowest BCUT2D eigenvalue weighted by molar-refractivity contribution is -0.883. The molecule has 3 aliphatic rings. The number of nitrogens with zero attached hydrogens (tertiary/aromatic N) is 3. The summed E-state index contributed by atoms with van der Waals surface area (Å²) in [5.74, 6) is -0.621. The van der Waals surface area contributed by atoms with Gasteiger partial charge in [0, 0.05) is 76.2 Å². The molecule has 0 aromatic rings. The summed E-state index contributed by atoms with van der Waals surface area (Å²) in [4.78, 5) is 140. The molecule has 32 nitrogen and oxygen atoms in total.